The van der Waals surface area contributed by atoms with Crippen LogP contribution in [0.25, 0.3) is 0 Å². The zero-order valence-corrected chi connectivity index (χ0v) is 12.4. The number of methoxy groups -OCH3 is 2. The molecule has 0 heterocycles. The lowest BCUT2D eigenvalue weighted by Crippen LogP contribution is -2.02. The predicted molar refractivity (Wildman–Crippen MR) is 73.1 cm³/mol. The predicted octanol–water partition coefficient (Wildman–Crippen LogP) is 4.19. The molecule has 0 N–H and O–H groups in total. The van der Waals surface area contributed by atoms with E-state index in [2.05, 4.69) is 35.8 Å². The minimum Gasteiger partial charge on any atom is -0.497 e. The largest absolute Gasteiger partial charge is 0.497 e. The molecule has 1 aliphatic carbocycles. The van der Waals surface area contributed by atoms with Crippen molar-refractivity contribution >= 4 is 15.9 Å². The van der Waals surface area contributed by atoms with Crippen LogP contribution in [0.1, 0.15) is 30.7 Å². The monoisotopic (exact) mass is 298 g/mol. The minimum absolute atomic E-state index is 0.336. The number of hydrogen-bond acceptors (Lipinski definition) is 2. The van der Waals surface area contributed by atoms with Gasteiger partial charge in [0, 0.05) is 10.4 Å². The molecular formula is C14H19BrO2. The molecule has 0 bridgehead atoms. The number of hydrogen-bond donors (Lipinski definition) is 0. The summed E-state index contributed by atoms with van der Waals surface area (Å²) in [5.41, 5.74) is 1.62. The van der Waals surface area contributed by atoms with Crippen molar-refractivity contribution in [1.29, 1.82) is 0 Å². The average molecular weight is 299 g/mol. The topological polar surface area (TPSA) is 18.5 Å². The number of halogens is 1. The van der Waals surface area contributed by atoms with Crippen molar-refractivity contribution in [3.63, 3.8) is 0 Å². The fourth-order valence-corrected chi connectivity index (χ4v) is 3.54. The van der Waals surface area contributed by atoms with Crippen LogP contribution >= 0.6 is 15.9 Å². The van der Waals surface area contributed by atoms with Crippen LogP contribution in [0.2, 0.25) is 0 Å². The first-order valence-electron chi connectivity index (χ1n) is 5.85. The van der Waals surface area contributed by atoms with Gasteiger partial charge in [0.05, 0.1) is 14.2 Å². The van der Waals surface area contributed by atoms with Crippen LogP contribution in [0.15, 0.2) is 18.2 Å². The van der Waals surface area contributed by atoms with E-state index >= 15 is 0 Å². The van der Waals surface area contributed by atoms with Gasteiger partial charge in [0.25, 0.3) is 0 Å². The van der Waals surface area contributed by atoms with Gasteiger partial charge >= 0.3 is 0 Å². The lowest BCUT2D eigenvalue weighted by molar-refractivity contribution is 0.396. The van der Waals surface area contributed by atoms with Gasteiger partial charge in [-0.2, -0.15) is 0 Å². The summed E-state index contributed by atoms with van der Waals surface area (Å²) in [7, 11) is 3.40. The van der Waals surface area contributed by atoms with Crippen molar-refractivity contribution in [3.05, 3.63) is 23.8 Å². The fraction of sp³-hybridized carbons (Fsp3) is 0.571. The summed E-state index contributed by atoms with van der Waals surface area (Å²) in [4.78, 5) is 0.336. The Morgan fingerprint density at radius 3 is 2.41 bits per heavy atom. The van der Waals surface area contributed by atoms with E-state index in [9.17, 15) is 0 Å². The maximum atomic E-state index is 5.43. The van der Waals surface area contributed by atoms with Gasteiger partial charge in [-0.3, -0.25) is 0 Å². The molecule has 0 aromatic heterocycles. The van der Waals surface area contributed by atoms with Gasteiger partial charge in [-0.25, -0.2) is 0 Å². The third-order valence-corrected chi connectivity index (χ3v) is 4.81. The average Bonchev–Trinajstić information content (AvgIpc) is 2.96. The lowest BCUT2D eigenvalue weighted by atomic mass is 10.0. The number of rotatable bonds is 4. The number of ether oxygens (including phenoxy) is 2. The Kier molecular flexibility index (Phi) is 3.39. The fourth-order valence-electron chi connectivity index (χ4n) is 2.28. The standard InChI is InChI=1S/C14H19BrO2/c1-14(2)8-11(14)13(15)10-7-9(16-3)5-6-12(10)17-4/h5-7,11,13H,8H2,1-4H3. The van der Waals surface area contributed by atoms with Crippen LogP contribution in [0, 0.1) is 11.3 Å². The number of alkyl halides is 1. The van der Waals surface area contributed by atoms with E-state index in [1.54, 1.807) is 14.2 Å². The lowest BCUT2D eigenvalue weighted by Gasteiger charge is -2.16. The van der Waals surface area contributed by atoms with E-state index in [0.29, 0.717) is 16.2 Å². The Bertz CT molecular complexity index is 415. The quantitative estimate of drug-likeness (QED) is 0.776. The van der Waals surface area contributed by atoms with E-state index < -0.39 is 0 Å². The molecule has 1 aromatic rings. The molecule has 2 unspecified atom stereocenters. The molecular weight excluding hydrogens is 280 g/mol. The Labute approximate surface area is 111 Å². The van der Waals surface area contributed by atoms with Gasteiger partial charge in [-0.1, -0.05) is 29.8 Å². The third-order valence-electron chi connectivity index (χ3n) is 3.68. The molecule has 1 fully saturated rings. The summed E-state index contributed by atoms with van der Waals surface area (Å²) in [5.74, 6) is 2.47. The van der Waals surface area contributed by atoms with Crippen LogP contribution in [0.4, 0.5) is 0 Å². The van der Waals surface area contributed by atoms with Crippen LogP contribution in [-0.2, 0) is 0 Å². The highest BCUT2D eigenvalue weighted by atomic mass is 79.9. The third kappa shape index (κ3) is 2.44. The SMILES string of the molecule is COc1ccc(OC)c(C(Br)C2CC2(C)C)c1. The molecule has 0 saturated heterocycles. The van der Waals surface area contributed by atoms with E-state index in [-0.39, 0.29) is 0 Å². The molecule has 1 aromatic carbocycles. The first kappa shape index (κ1) is 12.7. The molecule has 3 heteroatoms. The number of benzene rings is 1. The second-order valence-corrected chi connectivity index (χ2v) is 6.30. The Morgan fingerprint density at radius 2 is 1.94 bits per heavy atom. The van der Waals surface area contributed by atoms with Gasteiger partial charge in [0.2, 0.25) is 0 Å². The summed E-state index contributed by atoms with van der Waals surface area (Å²) in [5, 5.41) is 0. The molecule has 2 nitrogen and oxygen atoms in total. The van der Waals surface area contributed by atoms with Crippen LogP contribution in [0.5, 0.6) is 11.5 Å². The van der Waals surface area contributed by atoms with E-state index in [1.165, 1.54) is 12.0 Å². The normalized spacial score (nSPS) is 23.0. The second-order valence-electron chi connectivity index (χ2n) is 5.31. The van der Waals surface area contributed by atoms with Crippen molar-refractivity contribution in [2.45, 2.75) is 25.1 Å². The first-order chi connectivity index (χ1) is 7.99. The minimum atomic E-state index is 0.336. The Balaban J connectivity index is 2.29. The highest BCUT2D eigenvalue weighted by Crippen LogP contribution is 2.61. The molecule has 1 saturated carbocycles. The highest BCUT2D eigenvalue weighted by Gasteiger charge is 2.50. The van der Waals surface area contributed by atoms with Crippen molar-refractivity contribution in [1.82, 2.24) is 0 Å². The summed E-state index contributed by atoms with van der Waals surface area (Å²) in [6.07, 6.45) is 1.25. The van der Waals surface area contributed by atoms with Gasteiger partial charge < -0.3 is 9.47 Å². The molecule has 0 radical (unpaired) electrons. The molecule has 0 spiro atoms. The first-order valence-corrected chi connectivity index (χ1v) is 6.77. The van der Waals surface area contributed by atoms with Crippen molar-refractivity contribution in [2.75, 3.05) is 14.2 Å². The van der Waals surface area contributed by atoms with Crippen molar-refractivity contribution < 1.29 is 9.47 Å². The van der Waals surface area contributed by atoms with Crippen LogP contribution < -0.4 is 9.47 Å². The highest BCUT2D eigenvalue weighted by molar-refractivity contribution is 9.09. The van der Waals surface area contributed by atoms with Crippen molar-refractivity contribution in [2.24, 2.45) is 11.3 Å². The smallest absolute Gasteiger partial charge is 0.123 e. The summed E-state index contributed by atoms with van der Waals surface area (Å²) in [6, 6.07) is 5.96. The molecule has 2 atom stereocenters. The van der Waals surface area contributed by atoms with Gasteiger partial charge in [-0.05, 0) is 36.0 Å². The zero-order valence-electron chi connectivity index (χ0n) is 10.8. The molecule has 0 amide bonds. The van der Waals surface area contributed by atoms with E-state index in [4.69, 9.17) is 9.47 Å². The van der Waals surface area contributed by atoms with Crippen LogP contribution in [-0.4, -0.2) is 14.2 Å². The molecule has 17 heavy (non-hydrogen) atoms. The molecule has 0 aliphatic heterocycles. The van der Waals surface area contributed by atoms with Crippen molar-refractivity contribution in [3.8, 4) is 11.5 Å². The van der Waals surface area contributed by atoms with E-state index in [1.807, 2.05) is 12.1 Å². The van der Waals surface area contributed by atoms with Crippen LogP contribution in [0.3, 0.4) is 0 Å². The maximum absolute atomic E-state index is 5.43. The van der Waals surface area contributed by atoms with E-state index in [0.717, 1.165) is 11.5 Å². The molecule has 2 rings (SSSR count). The maximum Gasteiger partial charge on any atom is 0.123 e. The van der Waals surface area contributed by atoms with Gasteiger partial charge in [0.1, 0.15) is 11.5 Å². The van der Waals surface area contributed by atoms with Gasteiger partial charge in [-0.15, -0.1) is 0 Å². The summed E-state index contributed by atoms with van der Waals surface area (Å²) < 4.78 is 10.7. The Hall–Kier alpha value is -0.700. The molecule has 94 valence electrons. The van der Waals surface area contributed by atoms with Gasteiger partial charge in [0.15, 0.2) is 0 Å². The summed E-state index contributed by atoms with van der Waals surface area (Å²) >= 11 is 3.81. The second kappa shape index (κ2) is 4.52. The zero-order chi connectivity index (χ0) is 12.6. The molecule has 1 aliphatic rings. The summed E-state index contributed by atoms with van der Waals surface area (Å²) in [6.45, 7) is 4.61. The Morgan fingerprint density at radius 1 is 1.29 bits per heavy atom.